The molecule has 0 heterocycles. The van der Waals surface area contributed by atoms with Crippen LogP contribution < -0.4 is 5.32 Å². The fourth-order valence-electron chi connectivity index (χ4n) is 2.51. The van der Waals surface area contributed by atoms with E-state index in [2.05, 4.69) is 5.32 Å². The van der Waals surface area contributed by atoms with E-state index >= 15 is 0 Å². The van der Waals surface area contributed by atoms with E-state index in [4.69, 9.17) is 4.74 Å². The first-order chi connectivity index (χ1) is 10.5. The first-order valence-corrected chi connectivity index (χ1v) is 7.93. The second-order valence-electron chi connectivity index (χ2n) is 7.22. The molecule has 0 bridgehead atoms. The maximum atomic E-state index is 12.0. The molecular weight excluding hydrogens is 300 g/mol. The zero-order valence-electron chi connectivity index (χ0n) is 15.0. The van der Waals surface area contributed by atoms with Crippen LogP contribution >= 0.6 is 0 Å². The Balaban J connectivity index is 4.42. The van der Waals surface area contributed by atoms with Gasteiger partial charge in [-0.05, 0) is 26.8 Å². The van der Waals surface area contributed by atoms with Gasteiger partial charge < -0.3 is 14.8 Å². The number of nitrogens with one attached hydrogen (secondary N) is 1. The van der Waals surface area contributed by atoms with Crippen LogP contribution in [0.1, 0.15) is 53.9 Å². The summed E-state index contributed by atoms with van der Waals surface area (Å²) < 4.78 is 5.25. The van der Waals surface area contributed by atoms with Gasteiger partial charge in [0.05, 0.1) is 12.5 Å². The van der Waals surface area contributed by atoms with Crippen molar-refractivity contribution in [1.29, 1.82) is 0 Å². The molecule has 0 spiro atoms. The lowest BCUT2D eigenvalue weighted by atomic mass is 9.88. The monoisotopic (exact) mass is 330 g/mol. The topological polar surface area (TPSA) is 98.5 Å². The molecule has 0 saturated heterocycles. The molecule has 0 aliphatic carbocycles. The van der Waals surface area contributed by atoms with Gasteiger partial charge in [0.1, 0.15) is 6.29 Å². The average molecular weight is 330 g/mol. The zero-order valence-corrected chi connectivity index (χ0v) is 15.0. The minimum atomic E-state index is -1.16. The van der Waals surface area contributed by atoms with E-state index in [0.29, 0.717) is 12.8 Å². The van der Waals surface area contributed by atoms with Crippen LogP contribution in [-0.2, 0) is 14.3 Å². The third-order valence-electron chi connectivity index (χ3n) is 4.21. The number of esters is 1. The summed E-state index contributed by atoms with van der Waals surface area (Å²) in [5, 5.41) is 14.1. The van der Waals surface area contributed by atoms with Crippen molar-refractivity contribution in [2.75, 3.05) is 13.7 Å². The van der Waals surface area contributed by atoms with Crippen molar-refractivity contribution in [3.8, 4) is 0 Å². The number of rotatable bonds is 11. The minimum Gasteiger partial charge on any atom is -0.465 e. The molecule has 7 nitrogen and oxygen atoms in total. The molecule has 23 heavy (non-hydrogen) atoms. The first kappa shape index (κ1) is 21.5. The van der Waals surface area contributed by atoms with Crippen molar-refractivity contribution in [3.63, 3.8) is 0 Å². The third-order valence-corrected chi connectivity index (χ3v) is 4.21. The van der Waals surface area contributed by atoms with E-state index in [1.165, 1.54) is 13.8 Å². The van der Waals surface area contributed by atoms with Gasteiger partial charge >= 0.3 is 5.97 Å². The van der Waals surface area contributed by atoms with Crippen molar-refractivity contribution in [3.05, 3.63) is 10.1 Å². The first-order valence-electron chi connectivity index (χ1n) is 7.93. The Bertz CT molecular complexity index is 425. The minimum absolute atomic E-state index is 0.0806. The van der Waals surface area contributed by atoms with Gasteiger partial charge in [0.2, 0.25) is 5.54 Å². The van der Waals surface area contributed by atoms with E-state index < -0.39 is 17.4 Å². The van der Waals surface area contributed by atoms with Crippen molar-refractivity contribution in [1.82, 2.24) is 5.32 Å². The Morgan fingerprint density at radius 1 is 1.30 bits per heavy atom. The summed E-state index contributed by atoms with van der Waals surface area (Å²) in [4.78, 5) is 33.3. The SMILES string of the molecule is CNC(C)(CCOC(=O)C(C)CC(C)(C)[N+](=O)[O-])CC(C)C=O. The molecule has 0 aromatic carbocycles. The highest BCUT2D eigenvalue weighted by atomic mass is 16.6. The summed E-state index contributed by atoms with van der Waals surface area (Å²) in [5.41, 5.74) is -1.46. The molecule has 134 valence electrons. The average Bonchev–Trinajstić information content (AvgIpc) is 2.46. The van der Waals surface area contributed by atoms with Gasteiger partial charge in [-0.15, -0.1) is 0 Å². The highest BCUT2D eigenvalue weighted by Gasteiger charge is 2.35. The zero-order chi connectivity index (χ0) is 18.3. The number of hydrogen-bond donors (Lipinski definition) is 1. The second-order valence-corrected chi connectivity index (χ2v) is 7.22. The summed E-state index contributed by atoms with van der Waals surface area (Å²) >= 11 is 0. The Labute approximate surface area is 138 Å². The highest BCUT2D eigenvalue weighted by molar-refractivity contribution is 5.72. The van der Waals surface area contributed by atoms with Crippen LogP contribution in [0.15, 0.2) is 0 Å². The predicted octanol–water partition coefficient (Wildman–Crippen LogP) is 2.20. The summed E-state index contributed by atoms with van der Waals surface area (Å²) in [7, 11) is 1.81. The Kier molecular flexibility index (Phi) is 8.37. The van der Waals surface area contributed by atoms with Gasteiger partial charge in [-0.25, -0.2) is 0 Å². The molecule has 0 aliphatic rings. The molecule has 0 radical (unpaired) electrons. The Morgan fingerprint density at radius 3 is 2.30 bits per heavy atom. The smallest absolute Gasteiger partial charge is 0.308 e. The van der Waals surface area contributed by atoms with Crippen LogP contribution in [0.2, 0.25) is 0 Å². The Morgan fingerprint density at radius 2 is 1.87 bits per heavy atom. The fraction of sp³-hybridized carbons (Fsp3) is 0.875. The lowest BCUT2D eigenvalue weighted by Crippen LogP contribution is -2.43. The van der Waals surface area contributed by atoms with Crippen LogP contribution in [0.25, 0.3) is 0 Å². The molecule has 1 N–H and O–H groups in total. The number of carbonyl (C=O) groups is 2. The van der Waals surface area contributed by atoms with Crippen LogP contribution in [0.3, 0.4) is 0 Å². The number of aldehydes is 1. The van der Waals surface area contributed by atoms with E-state index in [-0.39, 0.29) is 29.4 Å². The molecular formula is C16H30N2O5. The lowest BCUT2D eigenvalue weighted by molar-refractivity contribution is -0.562. The molecule has 0 aromatic heterocycles. The van der Waals surface area contributed by atoms with E-state index in [1.54, 1.807) is 6.92 Å². The van der Waals surface area contributed by atoms with Crippen molar-refractivity contribution in [2.24, 2.45) is 11.8 Å². The van der Waals surface area contributed by atoms with Gasteiger partial charge in [-0.2, -0.15) is 0 Å². The van der Waals surface area contributed by atoms with Gasteiger partial charge in [-0.1, -0.05) is 13.8 Å². The number of hydrogen-bond acceptors (Lipinski definition) is 6. The summed E-state index contributed by atoms with van der Waals surface area (Å²) in [5.74, 6) is -1.05. The van der Waals surface area contributed by atoms with Crippen LogP contribution in [-0.4, -0.2) is 41.9 Å². The maximum Gasteiger partial charge on any atom is 0.308 e. The largest absolute Gasteiger partial charge is 0.465 e. The molecule has 7 heteroatoms. The molecule has 0 fully saturated rings. The fourth-order valence-corrected chi connectivity index (χ4v) is 2.51. The predicted molar refractivity (Wildman–Crippen MR) is 87.7 cm³/mol. The van der Waals surface area contributed by atoms with E-state index in [9.17, 15) is 19.7 Å². The van der Waals surface area contributed by atoms with Crippen molar-refractivity contribution >= 4 is 12.3 Å². The molecule has 0 aliphatic heterocycles. The standard InChI is InChI=1S/C16H30N2O5/c1-12(11-19)9-16(5,17-6)7-8-23-14(20)13(2)10-15(3,4)18(21)22/h11-13,17H,7-10H2,1-6H3. The molecule has 3 atom stereocenters. The quantitative estimate of drug-likeness (QED) is 0.270. The number of nitrogens with zero attached hydrogens (tertiary/aromatic N) is 1. The van der Waals surface area contributed by atoms with Gasteiger partial charge in [0.25, 0.3) is 0 Å². The third kappa shape index (κ3) is 7.54. The molecule has 3 unspecified atom stereocenters. The van der Waals surface area contributed by atoms with Crippen LogP contribution in [0, 0.1) is 22.0 Å². The molecule has 0 saturated carbocycles. The van der Waals surface area contributed by atoms with Gasteiger partial charge in [0.15, 0.2) is 0 Å². The van der Waals surface area contributed by atoms with Gasteiger partial charge in [-0.3, -0.25) is 14.9 Å². The number of carbonyl (C=O) groups excluding carboxylic acids is 2. The Hall–Kier alpha value is -1.50. The lowest BCUT2D eigenvalue weighted by Gasteiger charge is -2.30. The number of ether oxygens (including phenoxy) is 1. The van der Waals surface area contributed by atoms with Gasteiger partial charge in [0, 0.05) is 36.6 Å². The summed E-state index contributed by atoms with van der Waals surface area (Å²) in [6.45, 7) is 8.66. The summed E-state index contributed by atoms with van der Waals surface area (Å²) in [6, 6.07) is 0. The molecule has 0 rings (SSSR count). The highest BCUT2D eigenvalue weighted by Crippen LogP contribution is 2.22. The summed E-state index contributed by atoms with van der Waals surface area (Å²) in [6.07, 6.45) is 2.25. The maximum absolute atomic E-state index is 12.0. The van der Waals surface area contributed by atoms with E-state index in [0.717, 1.165) is 6.29 Å². The molecule has 0 aromatic rings. The van der Waals surface area contributed by atoms with Crippen LogP contribution in [0.4, 0.5) is 0 Å². The van der Waals surface area contributed by atoms with E-state index in [1.807, 2.05) is 20.9 Å². The second kappa shape index (κ2) is 8.96. The molecule has 0 amide bonds. The van der Waals surface area contributed by atoms with Crippen molar-refractivity contribution < 1.29 is 19.2 Å². The number of nitro groups is 1. The normalized spacial score (nSPS) is 17.0. The van der Waals surface area contributed by atoms with Crippen molar-refractivity contribution in [2.45, 2.75) is 65.0 Å². The van der Waals surface area contributed by atoms with Crippen LogP contribution in [0.5, 0.6) is 0 Å².